The molecule has 92 valence electrons. The molecule has 0 heterocycles. The number of rotatable bonds is 10. The fraction of sp³-hybridized carbons (Fsp3) is 1.00. The smallest absolute Gasteiger partial charge is 0.0777 e. The second kappa shape index (κ2) is 9.13. The highest BCUT2D eigenvalue weighted by atomic mass is 16.5. The third-order valence-electron chi connectivity index (χ3n) is 2.78. The van der Waals surface area contributed by atoms with E-state index >= 15 is 0 Å². The van der Waals surface area contributed by atoms with Crippen LogP contribution in [0, 0.1) is 0 Å². The van der Waals surface area contributed by atoms with Crippen LogP contribution in [0.25, 0.3) is 0 Å². The van der Waals surface area contributed by atoms with Gasteiger partial charge in [0, 0.05) is 6.54 Å². The van der Waals surface area contributed by atoms with Crippen LogP contribution in [0.1, 0.15) is 52.4 Å². The van der Waals surface area contributed by atoms with Gasteiger partial charge in [0.1, 0.15) is 0 Å². The van der Waals surface area contributed by atoms with Crippen molar-refractivity contribution < 1.29 is 9.84 Å². The zero-order valence-electron chi connectivity index (χ0n) is 10.3. The van der Waals surface area contributed by atoms with Crippen LogP contribution >= 0.6 is 0 Å². The summed E-state index contributed by atoms with van der Waals surface area (Å²) in [5.74, 6) is 0. The molecular formula is C12H27NO2. The molecule has 0 aromatic heterocycles. The lowest BCUT2D eigenvalue weighted by Crippen LogP contribution is -2.38. The number of nitrogens with two attached hydrogens (primary N) is 1. The Balaban J connectivity index is 3.58. The molecule has 1 unspecified atom stereocenters. The maximum Gasteiger partial charge on any atom is 0.0777 e. The van der Waals surface area contributed by atoms with Crippen LogP contribution in [-0.4, -0.2) is 30.5 Å². The van der Waals surface area contributed by atoms with Crippen molar-refractivity contribution in [2.45, 2.75) is 58.0 Å². The minimum absolute atomic E-state index is 0.0748. The number of aliphatic hydroxyl groups is 1. The van der Waals surface area contributed by atoms with Crippen LogP contribution in [0.5, 0.6) is 0 Å². The maximum absolute atomic E-state index is 8.70. The monoisotopic (exact) mass is 217 g/mol. The summed E-state index contributed by atoms with van der Waals surface area (Å²) in [5, 5.41) is 8.70. The molecule has 1 atom stereocenters. The van der Waals surface area contributed by atoms with Crippen LogP contribution in [-0.2, 0) is 4.74 Å². The summed E-state index contributed by atoms with van der Waals surface area (Å²) >= 11 is 0. The highest BCUT2D eigenvalue weighted by Gasteiger charge is 2.21. The Morgan fingerprint density at radius 2 is 1.87 bits per heavy atom. The molecule has 0 saturated heterocycles. The summed E-state index contributed by atoms with van der Waals surface area (Å²) in [6.45, 7) is 5.24. The van der Waals surface area contributed by atoms with E-state index in [4.69, 9.17) is 15.6 Å². The van der Waals surface area contributed by atoms with Gasteiger partial charge in [-0.15, -0.1) is 0 Å². The molecular weight excluding hydrogens is 190 g/mol. The molecule has 0 aliphatic carbocycles. The van der Waals surface area contributed by atoms with Crippen molar-refractivity contribution in [1.29, 1.82) is 0 Å². The molecule has 0 saturated carbocycles. The molecule has 3 nitrogen and oxygen atoms in total. The van der Waals surface area contributed by atoms with Gasteiger partial charge in [-0.25, -0.2) is 0 Å². The van der Waals surface area contributed by atoms with Crippen LogP contribution < -0.4 is 5.73 Å². The first-order valence-corrected chi connectivity index (χ1v) is 6.13. The molecule has 15 heavy (non-hydrogen) atoms. The van der Waals surface area contributed by atoms with E-state index in [1.165, 1.54) is 32.1 Å². The first-order valence-electron chi connectivity index (χ1n) is 6.13. The predicted octanol–water partition coefficient (Wildman–Crippen LogP) is 2.07. The molecule has 0 aliphatic rings. The topological polar surface area (TPSA) is 55.5 Å². The van der Waals surface area contributed by atoms with Crippen molar-refractivity contribution >= 4 is 0 Å². The Kier molecular flexibility index (Phi) is 9.06. The van der Waals surface area contributed by atoms with Crippen molar-refractivity contribution in [3.63, 3.8) is 0 Å². The summed E-state index contributed by atoms with van der Waals surface area (Å²) in [6, 6.07) is 0. The maximum atomic E-state index is 8.70. The van der Waals surface area contributed by atoms with Gasteiger partial charge in [0.25, 0.3) is 0 Å². The Morgan fingerprint density at radius 1 is 1.20 bits per heavy atom. The van der Waals surface area contributed by atoms with Gasteiger partial charge in [-0.1, -0.05) is 39.0 Å². The van der Waals surface area contributed by atoms with Crippen molar-refractivity contribution in [3.8, 4) is 0 Å². The quantitative estimate of drug-likeness (QED) is 0.551. The van der Waals surface area contributed by atoms with Gasteiger partial charge in [0.15, 0.2) is 0 Å². The molecule has 0 spiro atoms. The van der Waals surface area contributed by atoms with Crippen molar-refractivity contribution in [2.24, 2.45) is 5.73 Å². The number of hydrogen-bond acceptors (Lipinski definition) is 3. The normalized spacial score (nSPS) is 15.2. The van der Waals surface area contributed by atoms with Crippen LogP contribution in [0.2, 0.25) is 0 Å². The molecule has 0 rings (SSSR count). The molecule has 0 amide bonds. The Hall–Kier alpha value is -0.120. The summed E-state index contributed by atoms with van der Waals surface area (Å²) in [5.41, 5.74) is 5.44. The predicted molar refractivity (Wildman–Crippen MR) is 63.9 cm³/mol. The van der Waals surface area contributed by atoms with Crippen LogP contribution in [0.4, 0.5) is 0 Å². The van der Waals surface area contributed by atoms with E-state index in [-0.39, 0.29) is 12.2 Å². The minimum Gasteiger partial charge on any atom is -0.394 e. The molecule has 0 bridgehead atoms. The molecule has 0 aromatic carbocycles. The number of hydrogen-bond donors (Lipinski definition) is 2. The van der Waals surface area contributed by atoms with E-state index in [2.05, 4.69) is 6.92 Å². The van der Waals surface area contributed by atoms with Gasteiger partial charge < -0.3 is 15.6 Å². The standard InChI is InChI=1S/C12H27NO2/c1-3-4-5-6-7-8-12(2,11-13)15-10-9-14/h14H,3-11,13H2,1-2H3. The lowest BCUT2D eigenvalue weighted by atomic mass is 9.97. The number of unbranched alkanes of at least 4 members (excludes halogenated alkanes) is 4. The summed E-state index contributed by atoms with van der Waals surface area (Å²) < 4.78 is 5.56. The van der Waals surface area contributed by atoms with E-state index < -0.39 is 0 Å². The van der Waals surface area contributed by atoms with Gasteiger partial charge in [0.2, 0.25) is 0 Å². The Labute approximate surface area is 94.0 Å². The second-order valence-electron chi connectivity index (χ2n) is 4.39. The minimum atomic E-state index is -0.241. The number of ether oxygens (including phenoxy) is 1. The average Bonchev–Trinajstić information content (AvgIpc) is 2.26. The lowest BCUT2D eigenvalue weighted by Gasteiger charge is -2.28. The van der Waals surface area contributed by atoms with E-state index in [0.29, 0.717) is 13.2 Å². The fourth-order valence-corrected chi connectivity index (χ4v) is 1.63. The first-order chi connectivity index (χ1) is 7.18. The average molecular weight is 217 g/mol. The van der Waals surface area contributed by atoms with Crippen molar-refractivity contribution in [3.05, 3.63) is 0 Å². The summed E-state index contributed by atoms with van der Waals surface area (Å²) in [6.07, 6.45) is 7.31. The Morgan fingerprint density at radius 3 is 2.40 bits per heavy atom. The van der Waals surface area contributed by atoms with E-state index in [9.17, 15) is 0 Å². The van der Waals surface area contributed by atoms with E-state index in [1.54, 1.807) is 0 Å². The van der Waals surface area contributed by atoms with Gasteiger partial charge in [-0.2, -0.15) is 0 Å². The van der Waals surface area contributed by atoms with E-state index in [0.717, 1.165) is 6.42 Å². The van der Waals surface area contributed by atoms with Crippen molar-refractivity contribution in [2.75, 3.05) is 19.8 Å². The molecule has 0 fully saturated rings. The van der Waals surface area contributed by atoms with Gasteiger partial charge >= 0.3 is 0 Å². The van der Waals surface area contributed by atoms with E-state index in [1.807, 2.05) is 6.92 Å². The third kappa shape index (κ3) is 7.77. The zero-order valence-corrected chi connectivity index (χ0v) is 10.3. The molecule has 0 aromatic rings. The van der Waals surface area contributed by atoms with Crippen LogP contribution in [0.15, 0.2) is 0 Å². The van der Waals surface area contributed by atoms with Crippen LogP contribution in [0.3, 0.4) is 0 Å². The highest BCUT2D eigenvalue weighted by Crippen LogP contribution is 2.18. The Bertz CT molecular complexity index is 142. The first kappa shape index (κ1) is 14.9. The summed E-state index contributed by atoms with van der Waals surface area (Å²) in [4.78, 5) is 0. The highest BCUT2D eigenvalue weighted by molar-refractivity contribution is 4.76. The SMILES string of the molecule is CCCCCCCC(C)(CN)OCCO. The molecule has 0 aliphatic heterocycles. The molecule has 0 radical (unpaired) electrons. The zero-order chi connectivity index (χ0) is 11.6. The largest absolute Gasteiger partial charge is 0.394 e. The second-order valence-corrected chi connectivity index (χ2v) is 4.39. The molecule has 3 N–H and O–H groups in total. The van der Waals surface area contributed by atoms with Gasteiger partial charge in [0.05, 0.1) is 18.8 Å². The number of aliphatic hydroxyl groups excluding tert-OH is 1. The fourth-order valence-electron chi connectivity index (χ4n) is 1.63. The molecule has 3 heteroatoms. The van der Waals surface area contributed by atoms with Crippen molar-refractivity contribution in [1.82, 2.24) is 0 Å². The van der Waals surface area contributed by atoms with Gasteiger partial charge in [-0.3, -0.25) is 0 Å². The lowest BCUT2D eigenvalue weighted by molar-refractivity contribution is -0.0458. The third-order valence-corrected chi connectivity index (χ3v) is 2.78. The van der Waals surface area contributed by atoms with Gasteiger partial charge in [-0.05, 0) is 13.3 Å². The summed E-state index contributed by atoms with van der Waals surface area (Å²) in [7, 11) is 0.